The van der Waals surface area contributed by atoms with Crippen molar-refractivity contribution in [2.75, 3.05) is 74.1 Å². The Hall–Kier alpha value is -4.43. The molecule has 1 N–H and O–H groups in total. The first kappa shape index (κ1) is 27.4. The normalized spacial score (nSPS) is 22.1. The van der Waals surface area contributed by atoms with Crippen LogP contribution >= 0.6 is 0 Å². The Morgan fingerprint density at radius 3 is 2.58 bits per heavy atom. The molecule has 2 aromatic carbocycles. The van der Waals surface area contributed by atoms with Crippen molar-refractivity contribution in [2.24, 2.45) is 0 Å². The lowest BCUT2D eigenvalue weighted by Gasteiger charge is -2.43. The minimum Gasteiger partial charge on any atom is -0.365 e. The molecule has 3 fully saturated rings. The van der Waals surface area contributed by atoms with E-state index in [9.17, 15) is 14.9 Å². The lowest BCUT2D eigenvalue weighted by Crippen LogP contribution is -2.57. The van der Waals surface area contributed by atoms with Crippen molar-refractivity contribution >= 4 is 40.0 Å². The molecule has 2 atom stereocenters. The van der Waals surface area contributed by atoms with Crippen LogP contribution in [0.5, 0.6) is 0 Å². The fourth-order valence-electron chi connectivity index (χ4n) is 6.76. The number of likely N-dealkylation sites (N-methyl/N-ethyl adjacent to an activating group) is 1. The van der Waals surface area contributed by atoms with Crippen molar-refractivity contribution in [2.45, 2.75) is 38.4 Å². The van der Waals surface area contributed by atoms with Gasteiger partial charge in [0.1, 0.15) is 5.82 Å². The molecule has 0 spiro atoms. The maximum Gasteiger partial charge on any atom is 0.242 e. The Bertz CT molecular complexity index is 1630. The van der Waals surface area contributed by atoms with E-state index in [0.29, 0.717) is 51.8 Å². The first-order chi connectivity index (χ1) is 20.9. The Balaban J connectivity index is 1.25. The molecule has 0 bridgehead atoms. The standard InChI is InChI=1S/C32H37N9O2/c1-21-5-3-6-22-7-4-8-27(29(21)22)38-12-10-24-26(19-38)35-32(40-14-13-37(2)28(42)20-40)36-30(24)39-15-16-41(23(18-39)9-11-33)31(43)25-17-34-25/h3-8,23,25,34H,9-10,12-20H2,1-2H3/t23-,25+/m0/s1. The van der Waals surface area contributed by atoms with Crippen molar-refractivity contribution in [3.05, 3.63) is 53.2 Å². The third-order valence-corrected chi connectivity index (χ3v) is 9.30. The summed E-state index contributed by atoms with van der Waals surface area (Å²) in [6.45, 7) is 7.60. The van der Waals surface area contributed by atoms with Crippen LogP contribution in [0.1, 0.15) is 23.2 Å². The fraction of sp³-hybridized carbons (Fsp3) is 0.469. The Labute approximate surface area is 251 Å². The molecule has 222 valence electrons. The summed E-state index contributed by atoms with van der Waals surface area (Å²) in [6, 6.07) is 14.9. The van der Waals surface area contributed by atoms with Crippen molar-refractivity contribution < 1.29 is 9.59 Å². The van der Waals surface area contributed by atoms with E-state index in [4.69, 9.17) is 9.97 Å². The highest BCUT2D eigenvalue weighted by atomic mass is 16.2. The van der Waals surface area contributed by atoms with Crippen LogP contribution in [0.3, 0.4) is 0 Å². The van der Waals surface area contributed by atoms with Crippen molar-refractivity contribution in [3.63, 3.8) is 0 Å². The summed E-state index contributed by atoms with van der Waals surface area (Å²) in [6.07, 6.45) is 1.05. The largest absolute Gasteiger partial charge is 0.365 e. The predicted molar refractivity (Wildman–Crippen MR) is 165 cm³/mol. The van der Waals surface area contributed by atoms with Crippen molar-refractivity contribution in [1.82, 2.24) is 25.1 Å². The monoisotopic (exact) mass is 579 g/mol. The quantitative estimate of drug-likeness (QED) is 0.450. The highest BCUT2D eigenvalue weighted by Gasteiger charge is 2.40. The van der Waals surface area contributed by atoms with E-state index >= 15 is 0 Å². The molecular formula is C32H37N9O2. The van der Waals surface area contributed by atoms with E-state index < -0.39 is 0 Å². The van der Waals surface area contributed by atoms with Gasteiger partial charge in [-0.2, -0.15) is 10.2 Å². The minimum absolute atomic E-state index is 0.0527. The van der Waals surface area contributed by atoms with Crippen molar-refractivity contribution in [3.8, 4) is 6.07 Å². The molecule has 11 nitrogen and oxygen atoms in total. The molecule has 3 aromatic rings. The Morgan fingerprint density at radius 1 is 1.02 bits per heavy atom. The highest BCUT2D eigenvalue weighted by molar-refractivity contribution is 5.97. The zero-order chi connectivity index (χ0) is 29.7. The number of aromatic nitrogens is 2. The second kappa shape index (κ2) is 11.0. The molecule has 7 rings (SSSR count). The highest BCUT2D eigenvalue weighted by Crippen LogP contribution is 2.36. The summed E-state index contributed by atoms with van der Waals surface area (Å²) in [5.74, 6) is 1.59. The van der Waals surface area contributed by atoms with Gasteiger partial charge in [-0.05, 0) is 30.4 Å². The second-order valence-corrected chi connectivity index (χ2v) is 12.1. The van der Waals surface area contributed by atoms with Crippen molar-refractivity contribution in [1.29, 1.82) is 5.26 Å². The summed E-state index contributed by atoms with van der Waals surface area (Å²) in [5.41, 5.74) is 4.54. The maximum atomic E-state index is 13.0. The average molecular weight is 580 g/mol. The molecule has 4 aliphatic heterocycles. The summed E-state index contributed by atoms with van der Waals surface area (Å²) in [4.78, 5) is 46.1. The fourth-order valence-corrected chi connectivity index (χ4v) is 6.76. The number of anilines is 3. The smallest absolute Gasteiger partial charge is 0.242 e. The van der Waals surface area contributed by atoms with Gasteiger partial charge in [0.2, 0.25) is 17.8 Å². The zero-order valence-electron chi connectivity index (χ0n) is 24.8. The molecule has 2 amide bonds. The first-order valence-electron chi connectivity index (χ1n) is 15.2. The number of carbonyl (C=O) groups is 2. The van der Waals surface area contributed by atoms with Crippen LogP contribution in [0.4, 0.5) is 17.5 Å². The number of hydrogen-bond donors (Lipinski definition) is 1. The summed E-state index contributed by atoms with van der Waals surface area (Å²) in [5, 5.41) is 15.2. The van der Waals surface area contributed by atoms with Gasteiger partial charge in [0, 0.05) is 69.5 Å². The lowest BCUT2D eigenvalue weighted by molar-refractivity contribution is -0.133. The number of aryl methyl sites for hydroxylation is 1. The van der Waals surface area contributed by atoms with Crippen LogP contribution in [-0.2, 0) is 22.6 Å². The molecule has 0 radical (unpaired) electrons. The topological polar surface area (TPSA) is 122 Å². The molecule has 11 heteroatoms. The minimum atomic E-state index is -0.202. The number of benzene rings is 2. The number of nitriles is 1. The van der Waals surface area contributed by atoms with Crippen LogP contribution in [0.25, 0.3) is 10.8 Å². The first-order valence-corrected chi connectivity index (χ1v) is 15.2. The van der Waals surface area contributed by atoms with Gasteiger partial charge in [0.05, 0.1) is 43.4 Å². The van der Waals surface area contributed by atoms with E-state index in [-0.39, 0.29) is 36.9 Å². The van der Waals surface area contributed by atoms with Gasteiger partial charge in [-0.15, -0.1) is 0 Å². The van der Waals surface area contributed by atoms with E-state index in [1.807, 2.05) is 16.8 Å². The van der Waals surface area contributed by atoms with Gasteiger partial charge in [-0.25, -0.2) is 4.98 Å². The average Bonchev–Trinajstić information content (AvgIpc) is 3.87. The molecular weight excluding hydrogens is 542 g/mol. The second-order valence-electron chi connectivity index (χ2n) is 12.1. The number of carbonyl (C=O) groups excluding carboxylic acids is 2. The molecule has 43 heavy (non-hydrogen) atoms. The van der Waals surface area contributed by atoms with E-state index in [0.717, 1.165) is 30.0 Å². The molecule has 4 aliphatic rings. The van der Waals surface area contributed by atoms with Gasteiger partial charge in [-0.1, -0.05) is 30.3 Å². The lowest BCUT2D eigenvalue weighted by atomic mass is 9.99. The van der Waals surface area contributed by atoms with Gasteiger partial charge in [0.15, 0.2) is 0 Å². The number of nitrogens with zero attached hydrogens (tertiary/aromatic N) is 8. The summed E-state index contributed by atoms with van der Waals surface area (Å²) in [7, 11) is 1.83. The molecule has 5 heterocycles. The predicted octanol–water partition coefficient (Wildman–Crippen LogP) is 1.68. The third kappa shape index (κ3) is 5.10. The van der Waals surface area contributed by atoms with E-state index in [1.165, 1.54) is 22.0 Å². The van der Waals surface area contributed by atoms with Crippen LogP contribution in [-0.4, -0.2) is 103 Å². The SMILES string of the molecule is Cc1cccc2cccc(N3CCc4c(nc(N5CCN(C)C(=O)C5)nc4N4CCN(C(=O)[C@H]5CN5)[C@@H](CC#N)C4)C3)c12. The number of amides is 2. The maximum absolute atomic E-state index is 13.0. The number of nitrogens with one attached hydrogen (secondary N) is 1. The van der Waals surface area contributed by atoms with E-state index in [1.54, 1.807) is 4.90 Å². The molecule has 1 aromatic heterocycles. The zero-order valence-corrected chi connectivity index (χ0v) is 24.8. The summed E-state index contributed by atoms with van der Waals surface area (Å²) < 4.78 is 0. The molecule has 0 saturated carbocycles. The van der Waals surface area contributed by atoms with Crippen LogP contribution in [0.15, 0.2) is 36.4 Å². The third-order valence-electron chi connectivity index (χ3n) is 9.30. The number of hydrogen-bond acceptors (Lipinski definition) is 9. The Kier molecular flexibility index (Phi) is 7.01. The molecule has 3 saturated heterocycles. The van der Waals surface area contributed by atoms with Crippen LogP contribution in [0, 0.1) is 18.3 Å². The number of rotatable bonds is 5. The summed E-state index contributed by atoms with van der Waals surface area (Å²) >= 11 is 0. The number of fused-ring (bicyclic) bond motifs is 2. The van der Waals surface area contributed by atoms with Crippen LogP contribution in [0.2, 0.25) is 0 Å². The van der Waals surface area contributed by atoms with Gasteiger partial charge >= 0.3 is 0 Å². The molecule has 0 unspecified atom stereocenters. The Morgan fingerprint density at radius 2 is 1.81 bits per heavy atom. The van der Waals surface area contributed by atoms with Gasteiger partial charge in [0.25, 0.3) is 0 Å². The van der Waals surface area contributed by atoms with Gasteiger partial charge in [-0.3, -0.25) is 9.59 Å². The molecule has 0 aliphatic carbocycles. The van der Waals surface area contributed by atoms with Crippen LogP contribution < -0.4 is 20.0 Å². The number of piperazine rings is 2. The van der Waals surface area contributed by atoms with E-state index in [2.05, 4.69) is 64.5 Å². The van der Waals surface area contributed by atoms with Gasteiger partial charge < -0.3 is 29.8 Å².